The molecule has 1 aliphatic heterocycles. The highest BCUT2D eigenvalue weighted by atomic mass is 35.5. The second kappa shape index (κ2) is 2.91. The summed E-state index contributed by atoms with van der Waals surface area (Å²) in [5.41, 5.74) is -0.0971. The van der Waals surface area contributed by atoms with Crippen molar-refractivity contribution in [3.05, 3.63) is 0 Å². The zero-order valence-electron chi connectivity index (χ0n) is 8.10. The Balaban J connectivity index is 2.84. The van der Waals surface area contributed by atoms with Crippen LogP contribution >= 0.6 is 11.6 Å². The summed E-state index contributed by atoms with van der Waals surface area (Å²) in [4.78, 5) is 13.4. The van der Waals surface area contributed by atoms with Crippen molar-refractivity contribution in [2.75, 3.05) is 0 Å². The van der Waals surface area contributed by atoms with E-state index < -0.39 is 0 Å². The Labute approximate surface area is 78.9 Å². The molecule has 70 valence electrons. The third-order valence-electron chi connectivity index (χ3n) is 2.22. The van der Waals surface area contributed by atoms with Crippen LogP contribution in [0.15, 0.2) is 0 Å². The van der Waals surface area contributed by atoms with Crippen LogP contribution < -0.4 is 0 Å². The predicted octanol–water partition coefficient (Wildman–Crippen LogP) is 2.01. The van der Waals surface area contributed by atoms with E-state index in [-0.39, 0.29) is 22.9 Å². The van der Waals surface area contributed by atoms with Gasteiger partial charge in [-0.05, 0) is 34.1 Å². The van der Waals surface area contributed by atoms with Gasteiger partial charge in [0.2, 0.25) is 5.91 Å². The standard InChI is InChI=1S/C9H16ClNO/c1-6-5-7(10)8(12)11(6)9(2,3)4/h6-7H,5H2,1-4H3/t6-,7-/m0/s1. The lowest BCUT2D eigenvalue weighted by Crippen LogP contribution is -2.46. The molecule has 1 rings (SSSR count). The van der Waals surface area contributed by atoms with Crippen LogP contribution in [0.2, 0.25) is 0 Å². The van der Waals surface area contributed by atoms with E-state index >= 15 is 0 Å². The second-order valence-electron chi connectivity index (χ2n) is 4.43. The molecule has 2 nitrogen and oxygen atoms in total. The zero-order chi connectivity index (χ0) is 9.52. The SMILES string of the molecule is C[C@H]1C[C@H](Cl)C(=O)N1C(C)(C)C. The van der Waals surface area contributed by atoms with Crippen molar-refractivity contribution in [1.82, 2.24) is 4.90 Å². The van der Waals surface area contributed by atoms with Crippen molar-refractivity contribution in [3.63, 3.8) is 0 Å². The summed E-state index contributed by atoms with van der Waals surface area (Å²) in [6.45, 7) is 8.16. The fourth-order valence-electron chi connectivity index (χ4n) is 1.87. The molecule has 1 heterocycles. The van der Waals surface area contributed by atoms with Gasteiger partial charge in [0.25, 0.3) is 0 Å². The Bertz CT molecular complexity index is 197. The van der Waals surface area contributed by atoms with Gasteiger partial charge in [0.15, 0.2) is 0 Å². The highest BCUT2D eigenvalue weighted by molar-refractivity contribution is 6.31. The fraction of sp³-hybridized carbons (Fsp3) is 0.889. The molecule has 3 heteroatoms. The lowest BCUT2D eigenvalue weighted by molar-refractivity contribution is -0.133. The summed E-state index contributed by atoms with van der Waals surface area (Å²) >= 11 is 5.87. The first-order valence-electron chi connectivity index (χ1n) is 4.31. The molecule has 1 aliphatic rings. The highest BCUT2D eigenvalue weighted by Crippen LogP contribution is 2.29. The van der Waals surface area contributed by atoms with Gasteiger partial charge in [-0.1, -0.05) is 0 Å². The molecule has 0 radical (unpaired) electrons. The Morgan fingerprint density at radius 2 is 2.00 bits per heavy atom. The van der Waals surface area contributed by atoms with Crippen molar-refractivity contribution in [2.24, 2.45) is 0 Å². The number of hydrogen-bond acceptors (Lipinski definition) is 1. The quantitative estimate of drug-likeness (QED) is 0.534. The van der Waals surface area contributed by atoms with Crippen molar-refractivity contribution in [2.45, 2.75) is 51.1 Å². The van der Waals surface area contributed by atoms with Gasteiger partial charge >= 0.3 is 0 Å². The Morgan fingerprint density at radius 3 is 2.17 bits per heavy atom. The average molecular weight is 190 g/mol. The second-order valence-corrected chi connectivity index (χ2v) is 4.96. The number of hydrogen-bond donors (Lipinski definition) is 0. The van der Waals surface area contributed by atoms with Crippen LogP contribution in [0.5, 0.6) is 0 Å². The van der Waals surface area contributed by atoms with E-state index in [1.807, 2.05) is 32.6 Å². The first-order chi connectivity index (χ1) is 5.34. The van der Waals surface area contributed by atoms with E-state index in [4.69, 9.17) is 11.6 Å². The van der Waals surface area contributed by atoms with Crippen LogP contribution in [-0.2, 0) is 4.79 Å². The first-order valence-corrected chi connectivity index (χ1v) is 4.75. The molecule has 1 fully saturated rings. The third kappa shape index (κ3) is 1.58. The van der Waals surface area contributed by atoms with Crippen LogP contribution in [0, 0.1) is 0 Å². The van der Waals surface area contributed by atoms with Gasteiger partial charge in [-0.3, -0.25) is 4.79 Å². The molecule has 12 heavy (non-hydrogen) atoms. The van der Waals surface area contributed by atoms with Gasteiger partial charge < -0.3 is 4.90 Å². The van der Waals surface area contributed by atoms with Gasteiger partial charge in [-0.2, -0.15) is 0 Å². The molecule has 1 amide bonds. The largest absolute Gasteiger partial charge is 0.334 e. The van der Waals surface area contributed by atoms with Crippen LogP contribution in [0.1, 0.15) is 34.1 Å². The average Bonchev–Trinajstić information content (AvgIpc) is 2.05. The number of alkyl halides is 1. The van der Waals surface area contributed by atoms with Crippen LogP contribution in [-0.4, -0.2) is 27.8 Å². The smallest absolute Gasteiger partial charge is 0.241 e. The summed E-state index contributed by atoms with van der Waals surface area (Å²) < 4.78 is 0. The lowest BCUT2D eigenvalue weighted by Gasteiger charge is -2.35. The van der Waals surface area contributed by atoms with Gasteiger partial charge in [0.05, 0.1) is 0 Å². The highest BCUT2D eigenvalue weighted by Gasteiger charge is 2.41. The van der Waals surface area contributed by atoms with Crippen molar-refractivity contribution < 1.29 is 4.79 Å². The van der Waals surface area contributed by atoms with Gasteiger partial charge in [-0.15, -0.1) is 11.6 Å². The molecule has 1 saturated heterocycles. The molecule has 0 aliphatic carbocycles. The maximum absolute atomic E-state index is 11.6. The van der Waals surface area contributed by atoms with E-state index in [2.05, 4.69) is 0 Å². The van der Waals surface area contributed by atoms with Gasteiger partial charge in [0.1, 0.15) is 5.38 Å². The topological polar surface area (TPSA) is 20.3 Å². The van der Waals surface area contributed by atoms with Gasteiger partial charge in [-0.25, -0.2) is 0 Å². The molecule has 0 aromatic rings. The number of amides is 1. The van der Waals surface area contributed by atoms with E-state index in [1.54, 1.807) is 0 Å². The fourth-order valence-corrected chi connectivity index (χ4v) is 2.23. The zero-order valence-corrected chi connectivity index (χ0v) is 8.85. The summed E-state index contributed by atoms with van der Waals surface area (Å²) in [5.74, 6) is 0.0802. The third-order valence-corrected chi connectivity index (χ3v) is 2.58. The minimum Gasteiger partial charge on any atom is -0.334 e. The predicted molar refractivity (Wildman–Crippen MR) is 50.3 cm³/mol. The van der Waals surface area contributed by atoms with E-state index in [9.17, 15) is 4.79 Å². The molecule has 0 saturated carbocycles. The Morgan fingerprint density at radius 1 is 1.50 bits per heavy atom. The molecule has 0 unspecified atom stereocenters. The molecule has 0 aromatic heterocycles. The summed E-state index contributed by atoms with van der Waals surface area (Å²) in [6, 6.07) is 0.278. The maximum Gasteiger partial charge on any atom is 0.241 e. The molecule has 0 N–H and O–H groups in total. The van der Waals surface area contributed by atoms with Crippen molar-refractivity contribution in [1.29, 1.82) is 0 Å². The number of halogens is 1. The first kappa shape index (κ1) is 9.85. The maximum atomic E-state index is 11.6. The molecule has 0 aromatic carbocycles. The number of nitrogens with zero attached hydrogens (tertiary/aromatic N) is 1. The van der Waals surface area contributed by atoms with Crippen molar-refractivity contribution in [3.8, 4) is 0 Å². The number of likely N-dealkylation sites (tertiary alicyclic amines) is 1. The summed E-state index contributed by atoms with van der Waals surface area (Å²) in [6.07, 6.45) is 0.775. The van der Waals surface area contributed by atoms with E-state index in [0.717, 1.165) is 6.42 Å². The monoisotopic (exact) mass is 189 g/mol. The summed E-state index contributed by atoms with van der Waals surface area (Å²) in [5, 5.41) is -0.306. The number of rotatable bonds is 0. The summed E-state index contributed by atoms with van der Waals surface area (Å²) in [7, 11) is 0. The number of carbonyl (C=O) groups excluding carboxylic acids is 1. The van der Waals surface area contributed by atoms with E-state index in [1.165, 1.54) is 0 Å². The van der Waals surface area contributed by atoms with Crippen LogP contribution in [0.4, 0.5) is 0 Å². The lowest BCUT2D eigenvalue weighted by atomic mass is 10.1. The molecule has 2 atom stereocenters. The van der Waals surface area contributed by atoms with Crippen molar-refractivity contribution >= 4 is 17.5 Å². The normalized spacial score (nSPS) is 31.4. The Hall–Kier alpha value is -0.240. The number of carbonyl (C=O) groups is 1. The van der Waals surface area contributed by atoms with Crippen LogP contribution in [0.3, 0.4) is 0 Å². The molecular weight excluding hydrogens is 174 g/mol. The minimum atomic E-state index is -0.306. The molecule has 0 bridgehead atoms. The molecule has 0 spiro atoms. The molecular formula is C9H16ClNO. The minimum absolute atomic E-state index is 0.0802. The van der Waals surface area contributed by atoms with E-state index in [0.29, 0.717) is 0 Å². The van der Waals surface area contributed by atoms with Crippen LogP contribution in [0.25, 0.3) is 0 Å². The van der Waals surface area contributed by atoms with Gasteiger partial charge in [0, 0.05) is 11.6 Å². The Kier molecular flexibility index (Phi) is 2.39.